The summed E-state index contributed by atoms with van der Waals surface area (Å²) in [5.74, 6) is -1.43. The normalized spacial score (nSPS) is 21.4. The van der Waals surface area contributed by atoms with Crippen LogP contribution in [0.3, 0.4) is 0 Å². The molecule has 0 heterocycles. The highest BCUT2D eigenvalue weighted by Crippen LogP contribution is 2.58. The molecule has 2 rings (SSSR count). The fourth-order valence-corrected chi connectivity index (χ4v) is 2.29. The number of nitrogens with two attached hydrogens (primary N) is 2. The first-order valence-electron chi connectivity index (χ1n) is 4.84. The quantitative estimate of drug-likeness (QED) is 0.807. The van der Waals surface area contributed by atoms with E-state index < -0.39 is 17.2 Å². The van der Waals surface area contributed by atoms with E-state index in [1.54, 1.807) is 0 Å². The fraction of sp³-hybridized carbons (Fsp3) is 0.273. The second-order valence-corrected chi connectivity index (χ2v) is 4.92. The molecule has 0 aromatic heterocycles. The lowest BCUT2D eigenvalue weighted by Crippen LogP contribution is -2.38. The van der Waals surface area contributed by atoms with E-state index in [0.717, 1.165) is 10.0 Å². The summed E-state index contributed by atoms with van der Waals surface area (Å²) in [6.07, 6.45) is 0.416. The van der Waals surface area contributed by atoms with Crippen molar-refractivity contribution in [3.8, 4) is 0 Å². The van der Waals surface area contributed by atoms with E-state index in [4.69, 9.17) is 11.5 Å². The van der Waals surface area contributed by atoms with Gasteiger partial charge in [-0.25, -0.2) is 0 Å². The summed E-state index contributed by atoms with van der Waals surface area (Å²) in [6, 6.07) is 7.45. The lowest BCUT2D eigenvalue weighted by Gasteiger charge is -2.08. The number of hydrogen-bond donors (Lipinski definition) is 2. The first-order chi connectivity index (χ1) is 7.48. The Balaban J connectivity index is 2.30. The van der Waals surface area contributed by atoms with E-state index in [1.807, 2.05) is 24.3 Å². The van der Waals surface area contributed by atoms with Crippen molar-refractivity contribution in [2.45, 2.75) is 12.3 Å². The van der Waals surface area contributed by atoms with E-state index in [0.29, 0.717) is 6.42 Å². The molecule has 1 aromatic carbocycles. The minimum Gasteiger partial charge on any atom is -0.369 e. The van der Waals surface area contributed by atoms with Gasteiger partial charge in [-0.15, -0.1) is 0 Å². The Morgan fingerprint density at radius 1 is 1.19 bits per heavy atom. The molecule has 0 saturated heterocycles. The Kier molecular flexibility index (Phi) is 2.50. The lowest BCUT2D eigenvalue weighted by molar-refractivity contribution is -0.133. The largest absolute Gasteiger partial charge is 0.369 e. The number of carbonyl (C=O) groups is 2. The van der Waals surface area contributed by atoms with Gasteiger partial charge in [-0.05, 0) is 24.1 Å². The van der Waals surface area contributed by atoms with Gasteiger partial charge in [0.1, 0.15) is 5.41 Å². The summed E-state index contributed by atoms with van der Waals surface area (Å²) >= 11 is 3.32. The maximum Gasteiger partial charge on any atom is 0.233 e. The topological polar surface area (TPSA) is 86.2 Å². The van der Waals surface area contributed by atoms with Crippen LogP contribution in [-0.2, 0) is 9.59 Å². The average molecular weight is 283 g/mol. The van der Waals surface area contributed by atoms with E-state index >= 15 is 0 Å². The molecule has 1 aliphatic carbocycles. The number of amides is 2. The Labute approximate surface area is 101 Å². The molecule has 4 N–H and O–H groups in total. The predicted molar refractivity (Wildman–Crippen MR) is 62.3 cm³/mol. The zero-order chi connectivity index (χ0) is 11.9. The standard InChI is InChI=1S/C11H11BrN2O2/c12-7-3-1-6(2-4-7)8-5-11(8,9(13)15)10(14)16/h1-4,8H,5H2,(H2,13,15)(H2,14,16). The van der Waals surface area contributed by atoms with Crippen LogP contribution >= 0.6 is 15.9 Å². The SMILES string of the molecule is NC(=O)C1(C(N)=O)CC1c1ccc(Br)cc1. The zero-order valence-corrected chi connectivity index (χ0v) is 10.0. The van der Waals surface area contributed by atoms with Gasteiger partial charge in [-0.3, -0.25) is 9.59 Å². The molecule has 5 heteroatoms. The molecule has 84 valence electrons. The maximum absolute atomic E-state index is 11.3. The van der Waals surface area contributed by atoms with Crippen molar-refractivity contribution < 1.29 is 9.59 Å². The molecule has 1 atom stereocenters. The molecule has 1 unspecified atom stereocenters. The highest BCUT2D eigenvalue weighted by molar-refractivity contribution is 9.10. The Morgan fingerprint density at radius 2 is 1.69 bits per heavy atom. The van der Waals surface area contributed by atoms with Crippen LogP contribution in [0.15, 0.2) is 28.7 Å². The smallest absolute Gasteiger partial charge is 0.233 e. The Bertz CT molecular complexity index is 442. The Morgan fingerprint density at radius 3 is 2.06 bits per heavy atom. The third kappa shape index (κ3) is 1.51. The van der Waals surface area contributed by atoms with Gasteiger partial charge in [0.05, 0.1) is 0 Å². The minimum absolute atomic E-state index is 0.171. The molecule has 1 aliphatic rings. The fourth-order valence-electron chi connectivity index (χ4n) is 2.03. The van der Waals surface area contributed by atoms with Gasteiger partial charge in [0, 0.05) is 10.4 Å². The molecule has 16 heavy (non-hydrogen) atoms. The summed E-state index contributed by atoms with van der Waals surface area (Å²) in [5, 5.41) is 0. The van der Waals surface area contributed by atoms with Crippen molar-refractivity contribution in [2.75, 3.05) is 0 Å². The van der Waals surface area contributed by atoms with Crippen LogP contribution in [0.5, 0.6) is 0 Å². The van der Waals surface area contributed by atoms with Crippen LogP contribution in [0.1, 0.15) is 17.9 Å². The first kappa shape index (κ1) is 11.1. The van der Waals surface area contributed by atoms with Crippen molar-refractivity contribution in [1.29, 1.82) is 0 Å². The number of hydrogen-bond acceptors (Lipinski definition) is 2. The van der Waals surface area contributed by atoms with Crippen LogP contribution in [-0.4, -0.2) is 11.8 Å². The first-order valence-corrected chi connectivity index (χ1v) is 5.63. The maximum atomic E-state index is 11.3. The van der Waals surface area contributed by atoms with Crippen LogP contribution in [0.25, 0.3) is 0 Å². The van der Waals surface area contributed by atoms with Gasteiger partial charge >= 0.3 is 0 Å². The molecular weight excluding hydrogens is 272 g/mol. The zero-order valence-electron chi connectivity index (χ0n) is 8.44. The van der Waals surface area contributed by atoms with E-state index in [2.05, 4.69) is 15.9 Å². The summed E-state index contributed by atoms with van der Waals surface area (Å²) in [5.41, 5.74) is 10.2. The van der Waals surface area contributed by atoms with Gasteiger partial charge in [0.25, 0.3) is 0 Å². The predicted octanol–water partition coefficient (Wildman–Crippen LogP) is 0.893. The van der Waals surface area contributed by atoms with Crippen LogP contribution < -0.4 is 11.5 Å². The lowest BCUT2D eigenvalue weighted by atomic mass is 9.98. The van der Waals surface area contributed by atoms with Crippen molar-refractivity contribution in [1.82, 2.24) is 0 Å². The molecule has 1 saturated carbocycles. The highest BCUT2D eigenvalue weighted by atomic mass is 79.9. The van der Waals surface area contributed by atoms with Gasteiger partial charge in [0.2, 0.25) is 11.8 Å². The molecule has 1 fully saturated rings. The summed E-state index contributed by atoms with van der Waals surface area (Å²) in [4.78, 5) is 22.6. The van der Waals surface area contributed by atoms with Crippen LogP contribution in [0, 0.1) is 5.41 Å². The molecule has 0 bridgehead atoms. The summed E-state index contributed by atoms with van der Waals surface area (Å²) in [6.45, 7) is 0. The number of primary amides is 2. The van der Waals surface area contributed by atoms with Crippen molar-refractivity contribution in [2.24, 2.45) is 16.9 Å². The van der Waals surface area contributed by atoms with Crippen molar-refractivity contribution >= 4 is 27.7 Å². The van der Waals surface area contributed by atoms with E-state index in [-0.39, 0.29) is 5.92 Å². The van der Waals surface area contributed by atoms with Crippen LogP contribution in [0.4, 0.5) is 0 Å². The third-order valence-corrected chi connectivity index (χ3v) is 3.64. The van der Waals surface area contributed by atoms with Gasteiger partial charge in [-0.1, -0.05) is 28.1 Å². The number of halogens is 1. The van der Waals surface area contributed by atoms with Gasteiger partial charge in [-0.2, -0.15) is 0 Å². The summed E-state index contributed by atoms with van der Waals surface area (Å²) < 4.78 is 0.945. The molecule has 4 nitrogen and oxygen atoms in total. The monoisotopic (exact) mass is 282 g/mol. The number of carbonyl (C=O) groups excluding carboxylic acids is 2. The van der Waals surface area contributed by atoms with E-state index in [1.165, 1.54) is 0 Å². The van der Waals surface area contributed by atoms with Crippen molar-refractivity contribution in [3.63, 3.8) is 0 Å². The second kappa shape index (κ2) is 3.59. The molecule has 2 amide bonds. The molecule has 0 aliphatic heterocycles. The third-order valence-electron chi connectivity index (χ3n) is 3.11. The average Bonchev–Trinajstić information content (AvgIpc) is 2.95. The molecular formula is C11H11BrN2O2. The summed E-state index contributed by atoms with van der Waals surface area (Å²) in [7, 11) is 0. The van der Waals surface area contributed by atoms with Gasteiger partial charge < -0.3 is 11.5 Å². The van der Waals surface area contributed by atoms with Crippen molar-refractivity contribution in [3.05, 3.63) is 34.3 Å². The van der Waals surface area contributed by atoms with E-state index in [9.17, 15) is 9.59 Å². The van der Waals surface area contributed by atoms with Gasteiger partial charge in [0.15, 0.2) is 0 Å². The number of benzene rings is 1. The van der Waals surface area contributed by atoms with Crippen LogP contribution in [0.2, 0.25) is 0 Å². The molecule has 0 radical (unpaired) electrons. The highest BCUT2D eigenvalue weighted by Gasteiger charge is 2.64. The molecule has 0 spiro atoms. The minimum atomic E-state index is -1.17. The second-order valence-electron chi connectivity index (χ2n) is 4.01. The Hall–Kier alpha value is -1.36. The number of rotatable bonds is 3. The molecule has 1 aromatic rings.